The third-order valence-electron chi connectivity index (χ3n) is 7.46. The van der Waals surface area contributed by atoms with E-state index in [1.54, 1.807) is 29.0 Å². The summed E-state index contributed by atoms with van der Waals surface area (Å²) in [4.78, 5) is 22.4. The molecule has 0 spiro atoms. The van der Waals surface area contributed by atoms with Crippen LogP contribution in [0.1, 0.15) is 50.9 Å². The summed E-state index contributed by atoms with van der Waals surface area (Å²) in [5.74, 6) is 0.814. The van der Waals surface area contributed by atoms with Crippen molar-refractivity contribution in [1.29, 1.82) is 5.26 Å². The Hall–Kier alpha value is -3.22. The van der Waals surface area contributed by atoms with Crippen molar-refractivity contribution in [3.05, 3.63) is 57.5 Å². The van der Waals surface area contributed by atoms with E-state index < -0.39 is 0 Å². The first-order valence-corrected chi connectivity index (χ1v) is 13.1. The number of anilines is 1. The van der Waals surface area contributed by atoms with Crippen molar-refractivity contribution in [3.63, 3.8) is 0 Å². The molecule has 1 aliphatic heterocycles. The van der Waals surface area contributed by atoms with Crippen molar-refractivity contribution in [3.8, 4) is 6.07 Å². The third-order valence-corrected chi connectivity index (χ3v) is 8.27. The largest absolute Gasteiger partial charge is 0.351 e. The zero-order valence-electron chi connectivity index (χ0n) is 20.7. The first-order valence-electron chi connectivity index (χ1n) is 12.3. The molecule has 1 saturated heterocycles. The first-order chi connectivity index (χ1) is 16.9. The van der Waals surface area contributed by atoms with E-state index in [4.69, 9.17) is 10.4 Å². The normalized spacial score (nSPS) is 19.9. The lowest BCUT2D eigenvalue weighted by Crippen LogP contribution is -2.59. The van der Waals surface area contributed by atoms with Crippen molar-refractivity contribution < 1.29 is 0 Å². The van der Waals surface area contributed by atoms with E-state index in [9.17, 15) is 4.79 Å². The van der Waals surface area contributed by atoms with Gasteiger partial charge in [0.1, 0.15) is 11.5 Å². The number of aryl methyl sites for hydroxylation is 1. The number of fused-ring (bicyclic) bond motifs is 2. The fraction of sp³-hybridized carbons (Fsp3) is 0.462. The number of piperazine rings is 1. The summed E-state index contributed by atoms with van der Waals surface area (Å²) in [6.45, 7) is 8.44. The number of hydrogen-bond donors (Lipinski definition) is 0. The second-order valence-corrected chi connectivity index (χ2v) is 10.3. The first kappa shape index (κ1) is 23.5. The quantitative estimate of drug-likeness (QED) is 0.405. The van der Waals surface area contributed by atoms with Gasteiger partial charge in [0.2, 0.25) is 0 Å². The molecule has 1 aliphatic rings. The highest BCUT2D eigenvalue weighted by Crippen LogP contribution is 2.33. The van der Waals surface area contributed by atoms with Crippen LogP contribution in [0, 0.1) is 11.3 Å². The summed E-state index contributed by atoms with van der Waals surface area (Å²) in [5.41, 5.74) is 5.59. The summed E-state index contributed by atoms with van der Waals surface area (Å²) in [5, 5.41) is 13.9. The van der Waals surface area contributed by atoms with Gasteiger partial charge >= 0.3 is 0 Å². The molecule has 182 valence electrons. The lowest BCUT2D eigenvalue weighted by atomic mass is 9.97. The number of aromatic nitrogens is 4. The number of hydrogen-bond acceptors (Lipinski definition) is 7. The SMILES string of the molecule is CC[C@H]1CN(C(C)c2ccc3scnc3c2)[C@H](CC)CN1c1cc(=O)n(C)c2cc(CC#N)nn12. The van der Waals surface area contributed by atoms with E-state index in [1.165, 1.54) is 10.3 Å². The van der Waals surface area contributed by atoms with Gasteiger partial charge in [0.25, 0.3) is 5.56 Å². The Bertz CT molecular complexity index is 1460. The third kappa shape index (κ3) is 4.11. The summed E-state index contributed by atoms with van der Waals surface area (Å²) in [6.07, 6.45) is 2.18. The van der Waals surface area contributed by atoms with Gasteiger partial charge in [0, 0.05) is 50.4 Å². The van der Waals surface area contributed by atoms with Gasteiger partial charge in [-0.15, -0.1) is 11.3 Å². The number of rotatable bonds is 6. The smallest absolute Gasteiger partial charge is 0.255 e. The number of nitriles is 1. The molecular weight excluding hydrogens is 458 g/mol. The molecule has 0 radical (unpaired) electrons. The molecule has 5 rings (SSSR count). The molecule has 0 saturated carbocycles. The summed E-state index contributed by atoms with van der Waals surface area (Å²) < 4.78 is 4.66. The molecule has 0 N–H and O–H groups in total. The molecule has 4 heterocycles. The topological polar surface area (TPSA) is 82.5 Å². The molecule has 0 aliphatic carbocycles. The molecule has 0 amide bonds. The van der Waals surface area contributed by atoms with E-state index in [1.807, 2.05) is 16.1 Å². The molecule has 4 aromatic rings. The molecule has 35 heavy (non-hydrogen) atoms. The van der Waals surface area contributed by atoms with Gasteiger partial charge in [-0.3, -0.25) is 14.3 Å². The van der Waals surface area contributed by atoms with Gasteiger partial charge in [-0.2, -0.15) is 10.4 Å². The number of thiazole rings is 1. The summed E-state index contributed by atoms with van der Waals surface area (Å²) in [6, 6.07) is 13.2. The highest BCUT2D eigenvalue weighted by atomic mass is 32.1. The maximum Gasteiger partial charge on any atom is 0.255 e. The Morgan fingerprint density at radius 1 is 1.17 bits per heavy atom. The average Bonchev–Trinajstić information content (AvgIpc) is 3.52. The Morgan fingerprint density at radius 3 is 2.71 bits per heavy atom. The van der Waals surface area contributed by atoms with E-state index >= 15 is 0 Å². The van der Waals surface area contributed by atoms with Crippen molar-refractivity contribution in [1.82, 2.24) is 24.1 Å². The van der Waals surface area contributed by atoms with Crippen molar-refractivity contribution in [2.24, 2.45) is 7.05 Å². The fourth-order valence-corrected chi connectivity index (χ4v) is 6.00. The van der Waals surface area contributed by atoms with Crippen LogP contribution in [-0.2, 0) is 13.5 Å². The molecule has 1 unspecified atom stereocenters. The predicted octanol–water partition coefficient (Wildman–Crippen LogP) is 4.15. The number of benzene rings is 1. The lowest BCUT2D eigenvalue weighted by Gasteiger charge is -2.49. The molecule has 0 bridgehead atoms. The molecule has 1 aromatic carbocycles. The van der Waals surface area contributed by atoms with E-state index in [0.29, 0.717) is 17.4 Å². The Kier molecular flexibility index (Phi) is 6.34. The monoisotopic (exact) mass is 489 g/mol. The molecule has 1 fully saturated rings. The highest BCUT2D eigenvalue weighted by molar-refractivity contribution is 7.16. The van der Waals surface area contributed by atoms with Crippen LogP contribution in [0.4, 0.5) is 5.82 Å². The van der Waals surface area contributed by atoms with Crippen LogP contribution in [0.3, 0.4) is 0 Å². The van der Waals surface area contributed by atoms with Crippen LogP contribution < -0.4 is 10.5 Å². The van der Waals surface area contributed by atoms with Crippen LogP contribution in [-0.4, -0.2) is 49.2 Å². The second-order valence-electron chi connectivity index (χ2n) is 9.37. The zero-order chi connectivity index (χ0) is 24.7. The van der Waals surface area contributed by atoms with Gasteiger partial charge in [0.15, 0.2) is 0 Å². The van der Waals surface area contributed by atoms with Crippen LogP contribution in [0.5, 0.6) is 0 Å². The summed E-state index contributed by atoms with van der Waals surface area (Å²) >= 11 is 1.67. The van der Waals surface area contributed by atoms with Gasteiger partial charge in [-0.25, -0.2) is 9.50 Å². The van der Waals surface area contributed by atoms with E-state index in [0.717, 1.165) is 37.3 Å². The van der Waals surface area contributed by atoms with Crippen molar-refractivity contribution in [2.45, 2.75) is 58.2 Å². The minimum absolute atomic E-state index is 0.0637. The minimum atomic E-state index is -0.0637. The highest BCUT2D eigenvalue weighted by Gasteiger charge is 2.36. The molecular formula is C26H31N7OS. The van der Waals surface area contributed by atoms with Gasteiger partial charge < -0.3 is 4.90 Å². The lowest BCUT2D eigenvalue weighted by molar-refractivity contribution is 0.100. The maximum atomic E-state index is 12.9. The molecule has 8 nitrogen and oxygen atoms in total. The van der Waals surface area contributed by atoms with Gasteiger partial charge in [-0.1, -0.05) is 19.9 Å². The Morgan fingerprint density at radius 2 is 1.97 bits per heavy atom. The average molecular weight is 490 g/mol. The molecule has 3 aromatic heterocycles. The molecule has 9 heteroatoms. The van der Waals surface area contributed by atoms with Crippen LogP contribution in [0.15, 0.2) is 40.6 Å². The van der Waals surface area contributed by atoms with Gasteiger partial charge in [-0.05, 0) is 37.5 Å². The zero-order valence-corrected chi connectivity index (χ0v) is 21.5. The van der Waals surface area contributed by atoms with Crippen molar-refractivity contribution in [2.75, 3.05) is 18.0 Å². The predicted molar refractivity (Wildman–Crippen MR) is 140 cm³/mol. The standard InChI is InChI=1S/C26H31N7OS/c1-5-20-15-32(25-13-26(34)30(4)24-12-19(9-10-27)29-33(24)25)21(6-2)14-31(20)17(3)18-7-8-23-22(11-18)28-16-35-23/h7-8,11-13,16-17,20-21H,5-6,9,14-15H2,1-4H3/t17?,20-,21+/m1/s1. The Labute approximate surface area is 209 Å². The fourth-order valence-electron chi connectivity index (χ4n) is 5.35. The second kappa shape index (κ2) is 9.44. The number of nitrogens with zero attached hydrogens (tertiary/aromatic N) is 7. The summed E-state index contributed by atoms with van der Waals surface area (Å²) in [7, 11) is 1.75. The maximum absolute atomic E-state index is 12.9. The molecule has 3 atom stereocenters. The van der Waals surface area contributed by atoms with E-state index in [2.05, 4.69) is 59.8 Å². The minimum Gasteiger partial charge on any atom is -0.351 e. The van der Waals surface area contributed by atoms with Crippen LogP contribution in [0.25, 0.3) is 15.9 Å². The van der Waals surface area contributed by atoms with Gasteiger partial charge in [0.05, 0.1) is 33.9 Å². The van der Waals surface area contributed by atoms with E-state index in [-0.39, 0.29) is 24.1 Å². The Balaban J connectivity index is 1.51. The van der Waals surface area contributed by atoms with Crippen LogP contribution in [0.2, 0.25) is 0 Å². The van der Waals surface area contributed by atoms with Crippen LogP contribution >= 0.6 is 11.3 Å². The van der Waals surface area contributed by atoms with Crippen molar-refractivity contribution >= 4 is 33.0 Å².